The highest BCUT2D eigenvalue weighted by Crippen LogP contribution is 2.03. The van der Waals surface area contributed by atoms with Gasteiger partial charge < -0.3 is 4.90 Å². The SMILES string of the molecule is Cc1cccc(CN(C)CCCCBr)n1. The molecule has 1 aromatic rings. The Kier molecular flexibility index (Phi) is 5.88. The lowest BCUT2D eigenvalue weighted by Gasteiger charge is -2.15. The number of rotatable bonds is 6. The maximum atomic E-state index is 4.49. The maximum Gasteiger partial charge on any atom is 0.0547 e. The number of unbranched alkanes of at least 4 members (excludes halogenated alkanes) is 1. The van der Waals surface area contributed by atoms with Gasteiger partial charge >= 0.3 is 0 Å². The van der Waals surface area contributed by atoms with Crippen LogP contribution in [0.3, 0.4) is 0 Å². The molecule has 0 aliphatic heterocycles. The van der Waals surface area contributed by atoms with E-state index in [9.17, 15) is 0 Å². The van der Waals surface area contributed by atoms with Crippen molar-refractivity contribution in [2.24, 2.45) is 0 Å². The molecule has 84 valence electrons. The Morgan fingerprint density at radius 1 is 1.33 bits per heavy atom. The zero-order chi connectivity index (χ0) is 11.1. The van der Waals surface area contributed by atoms with Crippen LogP contribution in [0.15, 0.2) is 18.2 Å². The van der Waals surface area contributed by atoms with Crippen molar-refractivity contribution >= 4 is 15.9 Å². The van der Waals surface area contributed by atoms with Crippen LogP contribution in [0.4, 0.5) is 0 Å². The summed E-state index contributed by atoms with van der Waals surface area (Å²) in [6.45, 7) is 4.12. The summed E-state index contributed by atoms with van der Waals surface area (Å²) in [7, 11) is 2.15. The molecule has 0 aliphatic rings. The van der Waals surface area contributed by atoms with Crippen molar-refractivity contribution < 1.29 is 0 Å². The van der Waals surface area contributed by atoms with Crippen LogP contribution in [0.25, 0.3) is 0 Å². The van der Waals surface area contributed by atoms with Crippen LogP contribution in [0, 0.1) is 6.92 Å². The van der Waals surface area contributed by atoms with Crippen LogP contribution in [0.1, 0.15) is 24.2 Å². The van der Waals surface area contributed by atoms with Gasteiger partial charge in [-0.25, -0.2) is 0 Å². The maximum absolute atomic E-state index is 4.49. The predicted molar refractivity (Wildman–Crippen MR) is 68.3 cm³/mol. The van der Waals surface area contributed by atoms with E-state index in [0.29, 0.717) is 0 Å². The van der Waals surface area contributed by atoms with Gasteiger partial charge in [0.1, 0.15) is 0 Å². The minimum Gasteiger partial charge on any atom is -0.301 e. The molecule has 3 heteroatoms. The molecule has 0 saturated carbocycles. The minimum atomic E-state index is 0.948. The molecule has 0 atom stereocenters. The number of aromatic nitrogens is 1. The normalized spacial score (nSPS) is 10.9. The second-order valence-electron chi connectivity index (χ2n) is 3.90. The van der Waals surface area contributed by atoms with E-state index in [1.54, 1.807) is 0 Å². The molecule has 0 aromatic carbocycles. The molecule has 0 fully saturated rings. The second kappa shape index (κ2) is 6.96. The van der Waals surface area contributed by atoms with Crippen molar-refractivity contribution in [3.05, 3.63) is 29.6 Å². The molecule has 2 nitrogen and oxygen atoms in total. The predicted octanol–water partition coefficient (Wildman–Crippen LogP) is 3.00. The number of alkyl halides is 1. The van der Waals surface area contributed by atoms with Crippen LogP contribution in [0.2, 0.25) is 0 Å². The Balaban J connectivity index is 2.34. The van der Waals surface area contributed by atoms with E-state index in [-0.39, 0.29) is 0 Å². The first-order valence-corrected chi connectivity index (χ1v) is 6.51. The van der Waals surface area contributed by atoms with Crippen molar-refractivity contribution in [2.75, 3.05) is 18.9 Å². The van der Waals surface area contributed by atoms with E-state index in [1.807, 2.05) is 13.0 Å². The van der Waals surface area contributed by atoms with Crippen LogP contribution < -0.4 is 0 Å². The molecule has 1 rings (SSSR count). The van der Waals surface area contributed by atoms with Crippen molar-refractivity contribution in [3.63, 3.8) is 0 Å². The first-order chi connectivity index (χ1) is 7.22. The van der Waals surface area contributed by atoms with Crippen LogP contribution in [-0.2, 0) is 6.54 Å². The molecule has 15 heavy (non-hydrogen) atoms. The highest BCUT2D eigenvalue weighted by atomic mass is 79.9. The quantitative estimate of drug-likeness (QED) is 0.584. The van der Waals surface area contributed by atoms with Crippen LogP contribution in [-0.4, -0.2) is 28.8 Å². The van der Waals surface area contributed by atoms with Gasteiger partial charge in [-0.1, -0.05) is 22.0 Å². The van der Waals surface area contributed by atoms with E-state index < -0.39 is 0 Å². The van der Waals surface area contributed by atoms with E-state index >= 15 is 0 Å². The molecular formula is C12H19BrN2. The van der Waals surface area contributed by atoms with E-state index in [2.05, 4.69) is 45.0 Å². The first kappa shape index (κ1) is 12.7. The molecule has 1 aromatic heterocycles. The molecule has 0 spiro atoms. The molecule has 0 aliphatic carbocycles. The molecule has 0 saturated heterocycles. The highest BCUT2D eigenvalue weighted by Gasteiger charge is 2.00. The molecular weight excluding hydrogens is 252 g/mol. The average molecular weight is 271 g/mol. The van der Waals surface area contributed by atoms with Gasteiger partial charge in [0, 0.05) is 17.6 Å². The van der Waals surface area contributed by atoms with Gasteiger partial charge in [0.15, 0.2) is 0 Å². The van der Waals surface area contributed by atoms with Gasteiger partial charge in [-0.3, -0.25) is 4.98 Å². The Bertz CT molecular complexity index is 289. The summed E-state index contributed by atoms with van der Waals surface area (Å²) in [5.74, 6) is 0. The molecule has 0 N–H and O–H groups in total. The monoisotopic (exact) mass is 270 g/mol. The molecule has 0 bridgehead atoms. The topological polar surface area (TPSA) is 16.1 Å². The standard InChI is InChI=1S/C12H19BrN2/c1-11-6-5-7-12(14-11)10-15(2)9-4-3-8-13/h5-7H,3-4,8-10H2,1-2H3. The van der Waals surface area contributed by atoms with Gasteiger partial charge in [-0.05, 0) is 45.5 Å². The van der Waals surface area contributed by atoms with Crippen molar-refractivity contribution in [1.29, 1.82) is 0 Å². The summed E-state index contributed by atoms with van der Waals surface area (Å²) >= 11 is 3.44. The van der Waals surface area contributed by atoms with Gasteiger partial charge in [0.25, 0.3) is 0 Å². The third kappa shape index (κ3) is 5.28. The largest absolute Gasteiger partial charge is 0.301 e. The lowest BCUT2D eigenvalue weighted by molar-refractivity contribution is 0.317. The summed E-state index contributed by atoms with van der Waals surface area (Å²) in [6, 6.07) is 6.20. The van der Waals surface area contributed by atoms with Gasteiger partial charge in [0.2, 0.25) is 0 Å². The first-order valence-electron chi connectivity index (χ1n) is 5.39. The second-order valence-corrected chi connectivity index (χ2v) is 4.70. The average Bonchev–Trinajstić information content (AvgIpc) is 2.18. The van der Waals surface area contributed by atoms with Crippen molar-refractivity contribution in [1.82, 2.24) is 9.88 Å². The number of hydrogen-bond donors (Lipinski definition) is 0. The van der Waals surface area contributed by atoms with Crippen LogP contribution >= 0.6 is 15.9 Å². The zero-order valence-corrected chi connectivity index (χ0v) is 11.1. The Morgan fingerprint density at radius 3 is 2.80 bits per heavy atom. The summed E-state index contributed by atoms with van der Waals surface area (Å²) in [4.78, 5) is 6.81. The molecule has 1 heterocycles. The van der Waals surface area contributed by atoms with E-state index in [0.717, 1.165) is 29.8 Å². The zero-order valence-electron chi connectivity index (χ0n) is 9.54. The van der Waals surface area contributed by atoms with Gasteiger partial charge in [0.05, 0.1) is 5.69 Å². The third-order valence-corrected chi connectivity index (χ3v) is 2.86. The summed E-state index contributed by atoms with van der Waals surface area (Å²) in [5.41, 5.74) is 2.26. The number of halogens is 1. The van der Waals surface area contributed by atoms with Gasteiger partial charge in [-0.2, -0.15) is 0 Å². The van der Waals surface area contributed by atoms with E-state index in [4.69, 9.17) is 0 Å². The van der Waals surface area contributed by atoms with Crippen molar-refractivity contribution in [3.8, 4) is 0 Å². The molecule has 0 radical (unpaired) electrons. The number of pyridine rings is 1. The van der Waals surface area contributed by atoms with Crippen molar-refractivity contribution in [2.45, 2.75) is 26.3 Å². The smallest absolute Gasteiger partial charge is 0.0547 e. The third-order valence-electron chi connectivity index (χ3n) is 2.30. The Hall–Kier alpha value is -0.410. The Labute approximate surface area is 101 Å². The number of aryl methyl sites for hydroxylation is 1. The lowest BCUT2D eigenvalue weighted by Crippen LogP contribution is -2.19. The Morgan fingerprint density at radius 2 is 2.13 bits per heavy atom. The number of nitrogens with zero attached hydrogens (tertiary/aromatic N) is 2. The molecule has 0 amide bonds. The summed E-state index contributed by atoms with van der Waals surface area (Å²) < 4.78 is 0. The summed E-state index contributed by atoms with van der Waals surface area (Å²) in [5, 5.41) is 1.10. The van der Waals surface area contributed by atoms with Crippen LogP contribution in [0.5, 0.6) is 0 Å². The van der Waals surface area contributed by atoms with Gasteiger partial charge in [-0.15, -0.1) is 0 Å². The number of hydrogen-bond acceptors (Lipinski definition) is 2. The fourth-order valence-corrected chi connectivity index (χ4v) is 1.92. The highest BCUT2D eigenvalue weighted by molar-refractivity contribution is 9.09. The van der Waals surface area contributed by atoms with E-state index in [1.165, 1.54) is 12.8 Å². The molecule has 0 unspecified atom stereocenters. The fourth-order valence-electron chi connectivity index (χ4n) is 1.52. The fraction of sp³-hybridized carbons (Fsp3) is 0.583. The lowest BCUT2D eigenvalue weighted by atomic mass is 10.3. The summed E-state index contributed by atoms with van der Waals surface area (Å²) in [6.07, 6.45) is 2.49. The minimum absolute atomic E-state index is 0.948.